The molecule has 0 radical (unpaired) electrons. The fraction of sp³-hybridized carbons (Fsp3) is 0.111. The predicted molar refractivity (Wildman–Crippen MR) is 94.0 cm³/mol. The largest absolute Gasteiger partial charge is 0.265 e. The van der Waals surface area contributed by atoms with Crippen LogP contribution < -0.4 is 0 Å². The molecular weight excluding hydrogens is 308 g/mol. The molecule has 2 aromatic heterocycles. The van der Waals surface area contributed by atoms with Crippen molar-refractivity contribution >= 4 is 23.5 Å². The van der Waals surface area contributed by atoms with Gasteiger partial charge in [0, 0.05) is 46.1 Å². The first-order chi connectivity index (χ1) is 10.9. The molecule has 0 amide bonds. The number of thioether (sulfide) groups is 2. The fourth-order valence-electron chi connectivity index (χ4n) is 2.03. The maximum atomic E-state index is 4.06. The molecule has 22 heavy (non-hydrogen) atoms. The highest BCUT2D eigenvalue weighted by Gasteiger charge is 2.04. The quantitative estimate of drug-likeness (QED) is 0.592. The molecule has 110 valence electrons. The second-order valence-electron chi connectivity index (χ2n) is 4.71. The molecule has 2 heterocycles. The van der Waals surface area contributed by atoms with E-state index in [1.165, 1.54) is 20.9 Å². The van der Waals surface area contributed by atoms with Crippen molar-refractivity contribution in [1.82, 2.24) is 9.97 Å². The van der Waals surface area contributed by atoms with Gasteiger partial charge in [-0.3, -0.25) is 9.97 Å². The summed E-state index contributed by atoms with van der Waals surface area (Å²) in [7, 11) is 0. The van der Waals surface area contributed by atoms with E-state index in [9.17, 15) is 0 Å². The highest BCUT2D eigenvalue weighted by Crippen LogP contribution is 2.28. The highest BCUT2D eigenvalue weighted by atomic mass is 32.2. The molecule has 0 aliphatic heterocycles. The van der Waals surface area contributed by atoms with Gasteiger partial charge in [-0.1, -0.05) is 24.3 Å². The Bertz CT molecular complexity index is 640. The van der Waals surface area contributed by atoms with Gasteiger partial charge in [0.1, 0.15) is 0 Å². The van der Waals surface area contributed by atoms with Crippen molar-refractivity contribution in [3.05, 3.63) is 84.4 Å². The number of pyridine rings is 2. The zero-order chi connectivity index (χ0) is 15.0. The van der Waals surface area contributed by atoms with Gasteiger partial charge in [-0.05, 0) is 35.4 Å². The lowest BCUT2D eigenvalue weighted by molar-refractivity contribution is 1.24. The van der Waals surface area contributed by atoms with E-state index in [0.717, 1.165) is 11.5 Å². The van der Waals surface area contributed by atoms with Crippen molar-refractivity contribution < 1.29 is 0 Å². The van der Waals surface area contributed by atoms with Crippen LogP contribution in [0.2, 0.25) is 0 Å². The summed E-state index contributed by atoms with van der Waals surface area (Å²) < 4.78 is 0. The van der Waals surface area contributed by atoms with Crippen LogP contribution in [0, 0.1) is 0 Å². The third kappa shape index (κ3) is 4.36. The summed E-state index contributed by atoms with van der Waals surface area (Å²) in [4.78, 5) is 10.6. The van der Waals surface area contributed by atoms with Gasteiger partial charge in [0.05, 0.1) is 0 Å². The molecule has 0 saturated heterocycles. The molecule has 3 rings (SSSR count). The van der Waals surface area contributed by atoms with Crippen molar-refractivity contribution in [3.63, 3.8) is 0 Å². The van der Waals surface area contributed by atoms with Crippen LogP contribution in [0.4, 0.5) is 0 Å². The average molecular weight is 324 g/mol. The van der Waals surface area contributed by atoms with Gasteiger partial charge in [-0.25, -0.2) is 0 Å². The molecule has 0 atom stereocenters. The molecule has 3 aromatic rings. The molecule has 0 N–H and O–H groups in total. The molecular formula is C18H16N2S2. The lowest BCUT2D eigenvalue weighted by Crippen LogP contribution is -1.90. The fourth-order valence-corrected chi connectivity index (χ4v) is 3.87. The lowest BCUT2D eigenvalue weighted by Gasteiger charge is -2.09. The topological polar surface area (TPSA) is 25.8 Å². The molecule has 0 fully saturated rings. The molecule has 4 heteroatoms. The second-order valence-corrected chi connectivity index (χ2v) is 6.81. The third-order valence-electron chi connectivity index (χ3n) is 3.21. The van der Waals surface area contributed by atoms with E-state index >= 15 is 0 Å². The Balaban J connectivity index is 1.65. The number of rotatable bonds is 6. The summed E-state index contributed by atoms with van der Waals surface area (Å²) in [6, 6.07) is 16.9. The van der Waals surface area contributed by atoms with Gasteiger partial charge in [0.2, 0.25) is 0 Å². The van der Waals surface area contributed by atoms with E-state index in [2.05, 4.69) is 58.5 Å². The minimum Gasteiger partial charge on any atom is -0.265 e. The minimum absolute atomic E-state index is 0.983. The number of hydrogen-bond acceptors (Lipinski definition) is 4. The molecule has 0 aliphatic carbocycles. The van der Waals surface area contributed by atoms with Crippen LogP contribution in [0.25, 0.3) is 0 Å². The summed E-state index contributed by atoms with van der Waals surface area (Å²) in [5.41, 5.74) is 2.79. The SMILES string of the molecule is c1ccc(CSc2ccncc2)c(CSc2ccncc2)c1. The molecule has 0 saturated carbocycles. The first-order valence-electron chi connectivity index (χ1n) is 7.04. The standard InChI is InChI=1S/C18H16N2S2/c1-2-4-16(14-22-18-7-11-20-12-8-18)15(3-1)13-21-17-5-9-19-10-6-17/h1-12H,13-14H2. The molecule has 0 spiro atoms. The molecule has 0 unspecified atom stereocenters. The Morgan fingerprint density at radius 2 is 1.00 bits per heavy atom. The maximum absolute atomic E-state index is 4.06. The molecule has 0 bridgehead atoms. The molecule has 0 aliphatic rings. The number of aromatic nitrogens is 2. The Labute approximate surface area is 139 Å². The zero-order valence-electron chi connectivity index (χ0n) is 12.1. The normalized spacial score (nSPS) is 10.5. The van der Waals surface area contributed by atoms with Crippen LogP contribution in [-0.4, -0.2) is 9.97 Å². The van der Waals surface area contributed by atoms with Crippen molar-refractivity contribution in [2.45, 2.75) is 21.3 Å². The highest BCUT2D eigenvalue weighted by molar-refractivity contribution is 7.99. The Kier molecular flexibility index (Phi) is 5.51. The first-order valence-corrected chi connectivity index (χ1v) is 9.01. The summed E-state index contributed by atoms with van der Waals surface area (Å²) in [5, 5.41) is 0. The van der Waals surface area contributed by atoms with Crippen molar-refractivity contribution in [2.24, 2.45) is 0 Å². The first kappa shape index (κ1) is 15.1. The van der Waals surface area contributed by atoms with Gasteiger partial charge in [-0.15, -0.1) is 23.5 Å². The number of nitrogens with zero attached hydrogens (tertiary/aromatic N) is 2. The van der Waals surface area contributed by atoms with Gasteiger partial charge in [-0.2, -0.15) is 0 Å². The van der Waals surface area contributed by atoms with Gasteiger partial charge in [0.15, 0.2) is 0 Å². The molecule has 1 aromatic carbocycles. The van der Waals surface area contributed by atoms with Crippen LogP contribution in [-0.2, 0) is 11.5 Å². The van der Waals surface area contributed by atoms with Crippen molar-refractivity contribution in [3.8, 4) is 0 Å². The van der Waals surface area contributed by atoms with E-state index in [4.69, 9.17) is 0 Å². The van der Waals surface area contributed by atoms with Crippen molar-refractivity contribution in [2.75, 3.05) is 0 Å². The lowest BCUT2D eigenvalue weighted by atomic mass is 10.1. The second kappa shape index (κ2) is 8.01. The van der Waals surface area contributed by atoms with Crippen LogP contribution in [0.3, 0.4) is 0 Å². The van der Waals surface area contributed by atoms with Gasteiger partial charge < -0.3 is 0 Å². The Hall–Kier alpha value is -1.78. The van der Waals surface area contributed by atoms with E-state index in [1.807, 2.05) is 48.3 Å². The molecule has 2 nitrogen and oxygen atoms in total. The van der Waals surface area contributed by atoms with E-state index in [0.29, 0.717) is 0 Å². The predicted octanol–water partition coefficient (Wildman–Crippen LogP) is 5.06. The summed E-state index contributed by atoms with van der Waals surface area (Å²) in [6.45, 7) is 0. The van der Waals surface area contributed by atoms with E-state index in [1.54, 1.807) is 0 Å². The Morgan fingerprint density at radius 1 is 0.591 bits per heavy atom. The van der Waals surface area contributed by atoms with Crippen molar-refractivity contribution in [1.29, 1.82) is 0 Å². The van der Waals surface area contributed by atoms with Crippen LogP contribution >= 0.6 is 23.5 Å². The smallest absolute Gasteiger partial charge is 0.0278 e. The average Bonchev–Trinajstić information content (AvgIpc) is 2.61. The van der Waals surface area contributed by atoms with E-state index in [-0.39, 0.29) is 0 Å². The summed E-state index contributed by atoms with van der Waals surface area (Å²) in [6.07, 6.45) is 7.36. The summed E-state index contributed by atoms with van der Waals surface area (Å²) in [5.74, 6) is 1.97. The van der Waals surface area contributed by atoms with E-state index < -0.39 is 0 Å². The van der Waals surface area contributed by atoms with Crippen LogP contribution in [0.1, 0.15) is 11.1 Å². The Morgan fingerprint density at radius 3 is 1.41 bits per heavy atom. The van der Waals surface area contributed by atoms with Crippen LogP contribution in [0.5, 0.6) is 0 Å². The number of hydrogen-bond donors (Lipinski definition) is 0. The minimum atomic E-state index is 0.983. The number of benzene rings is 1. The maximum Gasteiger partial charge on any atom is 0.0278 e. The zero-order valence-corrected chi connectivity index (χ0v) is 13.7. The monoisotopic (exact) mass is 324 g/mol. The third-order valence-corrected chi connectivity index (χ3v) is 5.33. The van der Waals surface area contributed by atoms with Gasteiger partial charge >= 0.3 is 0 Å². The summed E-state index contributed by atoms with van der Waals surface area (Å²) >= 11 is 3.70. The van der Waals surface area contributed by atoms with Gasteiger partial charge in [0.25, 0.3) is 0 Å². The van der Waals surface area contributed by atoms with Crippen LogP contribution in [0.15, 0.2) is 83.1 Å².